The minimum absolute atomic E-state index is 0.226. The molecule has 0 heterocycles. The highest BCUT2D eigenvalue weighted by molar-refractivity contribution is 7.88. The Bertz CT molecular complexity index is 416. The molecule has 2 unspecified atom stereocenters. The maximum Gasteiger partial charge on any atom is 0.321 e. The lowest BCUT2D eigenvalue weighted by molar-refractivity contribution is -0.145. The van der Waals surface area contributed by atoms with E-state index in [0.717, 1.165) is 23.4 Å². The van der Waals surface area contributed by atoms with Gasteiger partial charge in [-0.05, 0) is 24.7 Å². The zero-order valence-electron chi connectivity index (χ0n) is 11.1. The quantitative estimate of drug-likeness (QED) is 0.555. The summed E-state index contributed by atoms with van der Waals surface area (Å²) in [4.78, 5) is 11.5. The van der Waals surface area contributed by atoms with Gasteiger partial charge in [0.2, 0.25) is 10.0 Å². The highest BCUT2D eigenvalue weighted by Gasteiger charge is 2.21. The zero-order valence-corrected chi connectivity index (χ0v) is 11.9. The van der Waals surface area contributed by atoms with Gasteiger partial charge in [0.15, 0.2) is 0 Å². The average molecular weight is 275 g/mol. The molecule has 6 heteroatoms. The molecule has 0 aromatic rings. The average Bonchev–Trinajstić information content (AvgIpc) is 2.26. The molecular weight excluding hydrogens is 254 g/mol. The molecular formula is C12H21NO4S. The van der Waals surface area contributed by atoms with Gasteiger partial charge in [-0.25, -0.2) is 8.42 Å². The maximum atomic E-state index is 11.5. The number of esters is 1. The Hall–Kier alpha value is -0.880. The van der Waals surface area contributed by atoms with Crippen LogP contribution in [0.25, 0.3) is 0 Å². The number of hydrogen-bond donors (Lipinski definition) is 0. The van der Waals surface area contributed by atoms with Gasteiger partial charge in [-0.3, -0.25) is 4.79 Å². The van der Waals surface area contributed by atoms with E-state index >= 15 is 0 Å². The lowest BCUT2D eigenvalue weighted by atomic mass is 9.85. The number of carbonyl (C=O) groups is 1. The van der Waals surface area contributed by atoms with Crippen molar-refractivity contribution in [1.82, 2.24) is 4.31 Å². The van der Waals surface area contributed by atoms with E-state index in [1.165, 1.54) is 7.05 Å². The van der Waals surface area contributed by atoms with Crippen molar-refractivity contribution in [3.05, 3.63) is 12.2 Å². The van der Waals surface area contributed by atoms with Crippen LogP contribution in [0.3, 0.4) is 0 Å². The number of allylic oxidation sites excluding steroid dienone is 2. The fourth-order valence-electron chi connectivity index (χ4n) is 1.78. The first-order valence-corrected chi connectivity index (χ1v) is 7.87. The van der Waals surface area contributed by atoms with Crippen LogP contribution in [0.15, 0.2) is 12.2 Å². The minimum atomic E-state index is -3.33. The summed E-state index contributed by atoms with van der Waals surface area (Å²) in [7, 11) is -1.97. The van der Waals surface area contributed by atoms with Crippen LogP contribution in [-0.2, 0) is 19.6 Å². The second-order valence-electron chi connectivity index (χ2n) is 4.88. The van der Waals surface area contributed by atoms with Crippen LogP contribution in [0.2, 0.25) is 0 Å². The Labute approximate surface area is 109 Å². The van der Waals surface area contributed by atoms with Crippen LogP contribution in [0, 0.1) is 11.8 Å². The predicted octanol–water partition coefficient (Wildman–Crippen LogP) is 1.02. The van der Waals surface area contributed by atoms with Crippen molar-refractivity contribution in [3.8, 4) is 0 Å². The standard InChI is InChI=1S/C12H21NO4S/c1-10-6-4-5-7-11(10)9-17-12(14)8-13(2)18(3,15)16/h4-5,10-11H,6-9H2,1-3H3. The molecule has 0 aromatic carbocycles. The van der Waals surface area contributed by atoms with Gasteiger partial charge in [0.25, 0.3) is 0 Å². The van der Waals surface area contributed by atoms with Crippen LogP contribution >= 0.6 is 0 Å². The number of nitrogens with zero attached hydrogens (tertiary/aromatic N) is 1. The number of ether oxygens (including phenoxy) is 1. The summed E-state index contributed by atoms with van der Waals surface area (Å²) in [6.07, 6.45) is 7.22. The Morgan fingerprint density at radius 1 is 1.39 bits per heavy atom. The second kappa shape index (κ2) is 6.33. The third-order valence-electron chi connectivity index (χ3n) is 3.29. The number of hydrogen-bond acceptors (Lipinski definition) is 4. The minimum Gasteiger partial charge on any atom is -0.464 e. The lowest BCUT2D eigenvalue weighted by Crippen LogP contribution is -2.33. The van der Waals surface area contributed by atoms with Crippen LogP contribution in [0.4, 0.5) is 0 Å². The van der Waals surface area contributed by atoms with Gasteiger partial charge in [0, 0.05) is 7.05 Å². The highest BCUT2D eigenvalue weighted by atomic mass is 32.2. The van der Waals surface area contributed by atoms with Crippen LogP contribution in [0.5, 0.6) is 0 Å². The molecule has 0 fully saturated rings. The summed E-state index contributed by atoms with van der Waals surface area (Å²) < 4.78 is 28.4. The highest BCUT2D eigenvalue weighted by Crippen LogP contribution is 2.24. The molecule has 0 saturated carbocycles. The molecule has 1 aliphatic carbocycles. The molecule has 0 aliphatic heterocycles. The summed E-state index contributed by atoms with van der Waals surface area (Å²) in [6, 6.07) is 0. The van der Waals surface area contributed by atoms with Crippen molar-refractivity contribution in [1.29, 1.82) is 0 Å². The molecule has 0 spiro atoms. The Balaban J connectivity index is 2.35. The Morgan fingerprint density at radius 3 is 2.56 bits per heavy atom. The zero-order chi connectivity index (χ0) is 13.8. The fourth-order valence-corrected chi connectivity index (χ4v) is 2.12. The summed E-state index contributed by atoms with van der Waals surface area (Å²) in [6.45, 7) is 2.27. The Morgan fingerprint density at radius 2 is 2.00 bits per heavy atom. The van der Waals surface area contributed by atoms with Gasteiger partial charge in [-0.2, -0.15) is 4.31 Å². The van der Waals surface area contributed by atoms with Gasteiger partial charge < -0.3 is 4.74 Å². The topological polar surface area (TPSA) is 63.7 Å². The first-order valence-electron chi connectivity index (χ1n) is 6.02. The molecule has 0 amide bonds. The molecule has 0 saturated heterocycles. The van der Waals surface area contributed by atoms with Crippen LogP contribution in [-0.4, -0.2) is 45.1 Å². The van der Waals surface area contributed by atoms with Gasteiger partial charge in [0.05, 0.1) is 12.9 Å². The molecule has 18 heavy (non-hydrogen) atoms. The molecule has 1 rings (SSSR count). The van der Waals surface area contributed by atoms with E-state index in [0.29, 0.717) is 18.4 Å². The fraction of sp³-hybridized carbons (Fsp3) is 0.750. The second-order valence-corrected chi connectivity index (χ2v) is 6.97. The number of likely N-dealkylation sites (N-methyl/N-ethyl adjacent to an activating group) is 1. The van der Waals surface area contributed by atoms with Crippen molar-refractivity contribution in [2.75, 3.05) is 26.5 Å². The van der Waals surface area contributed by atoms with Gasteiger partial charge in [-0.15, -0.1) is 0 Å². The smallest absolute Gasteiger partial charge is 0.321 e. The van der Waals surface area contributed by atoms with E-state index in [9.17, 15) is 13.2 Å². The SMILES string of the molecule is CC1CC=CCC1COC(=O)CN(C)S(C)(=O)=O. The monoisotopic (exact) mass is 275 g/mol. The molecule has 0 N–H and O–H groups in total. The summed E-state index contributed by atoms with van der Waals surface area (Å²) in [5.41, 5.74) is 0. The van der Waals surface area contributed by atoms with Crippen molar-refractivity contribution >= 4 is 16.0 Å². The van der Waals surface area contributed by atoms with Crippen LogP contribution < -0.4 is 0 Å². The molecule has 2 atom stereocenters. The molecule has 0 aromatic heterocycles. The largest absolute Gasteiger partial charge is 0.464 e. The third-order valence-corrected chi connectivity index (χ3v) is 4.56. The van der Waals surface area contributed by atoms with E-state index in [1.807, 2.05) is 0 Å². The first kappa shape index (κ1) is 15.2. The molecule has 1 aliphatic rings. The van der Waals surface area contributed by atoms with E-state index in [1.54, 1.807) is 0 Å². The van der Waals surface area contributed by atoms with Gasteiger partial charge in [-0.1, -0.05) is 19.1 Å². The van der Waals surface area contributed by atoms with E-state index in [-0.39, 0.29) is 6.54 Å². The normalized spacial score (nSPS) is 24.2. The molecule has 5 nitrogen and oxygen atoms in total. The summed E-state index contributed by atoms with van der Waals surface area (Å²) in [5, 5.41) is 0. The number of carbonyl (C=O) groups excluding carboxylic acids is 1. The van der Waals surface area contributed by atoms with Crippen molar-refractivity contribution < 1.29 is 17.9 Å². The lowest BCUT2D eigenvalue weighted by Gasteiger charge is -2.25. The Kier molecular flexibility index (Phi) is 5.34. The first-order chi connectivity index (χ1) is 8.30. The molecule has 0 bridgehead atoms. The van der Waals surface area contributed by atoms with Crippen molar-refractivity contribution in [2.24, 2.45) is 11.8 Å². The predicted molar refractivity (Wildman–Crippen MR) is 69.5 cm³/mol. The summed E-state index contributed by atoms with van der Waals surface area (Å²) >= 11 is 0. The third kappa shape index (κ3) is 4.78. The maximum absolute atomic E-state index is 11.5. The van der Waals surface area contributed by atoms with Crippen molar-refractivity contribution in [3.63, 3.8) is 0 Å². The molecule has 0 radical (unpaired) electrons. The number of rotatable bonds is 5. The van der Waals surface area contributed by atoms with E-state index in [2.05, 4.69) is 19.1 Å². The van der Waals surface area contributed by atoms with Crippen molar-refractivity contribution in [2.45, 2.75) is 19.8 Å². The van der Waals surface area contributed by atoms with Gasteiger partial charge in [0.1, 0.15) is 6.54 Å². The summed E-state index contributed by atoms with van der Waals surface area (Å²) in [5.74, 6) is 0.336. The molecule has 104 valence electrons. The van der Waals surface area contributed by atoms with E-state index in [4.69, 9.17) is 4.74 Å². The van der Waals surface area contributed by atoms with Gasteiger partial charge >= 0.3 is 5.97 Å². The number of sulfonamides is 1. The van der Waals surface area contributed by atoms with Crippen LogP contribution in [0.1, 0.15) is 19.8 Å². The van der Waals surface area contributed by atoms with E-state index < -0.39 is 16.0 Å².